The molecule has 21 heavy (non-hydrogen) atoms. The quantitative estimate of drug-likeness (QED) is 0.894. The first kappa shape index (κ1) is 15.7. The summed E-state index contributed by atoms with van der Waals surface area (Å²) in [6.45, 7) is 7.91. The highest BCUT2D eigenvalue weighted by Crippen LogP contribution is 2.15. The normalized spacial score (nSPS) is 16.5. The molecule has 0 atom stereocenters. The minimum Gasteiger partial charge on any atom is -0.379 e. The number of morpholine rings is 1. The average molecular weight is 295 g/mol. The lowest BCUT2D eigenvalue weighted by Gasteiger charge is -2.40. The highest BCUT2D eigenvalue weighted by Gasteiger charge is 2.28. The molecule has 0 aromatic heterocycles. The first-order chi connectivity index (χ1) is 9.97. The van der Waals surface area contributed by atoms with Crippen LogP contribution < -0.4 is 10.6 Å². The second kappa shape index (κ2) is 6.87. The average Bonchev–Trinajstić information content (AvgIpc) is 2.49. The second-order valence-corrected chi connectivity index (χ2v) is 5.73. The summed E-state index contributed by atoms with van der Waals surface area (Å²) >= 11 is 0. The van der Waals surface area contributed by atoms with E-state index >= 15 is 0 Å². The van der Waals surface area contributed by atoms with Gasteiger partial charge in [-0.15, -0.1) is 0 Å². The Morgan fingerprint density at radius 1 is 1.29 bits per heavy atom. The molecule has 1 heterocycles. The van der Waals surface area contributed by atoms with E-state index < -0.39 is 0 Å². The van der Waals surface area contributed by atoms with Gasteiger partial charge in [-0.05, 0) is 38.1 Å². The number of benzene rings is 1. The Morgan fingerprint density at radius 2 is 1.90 bits per heavy atom. The molecule has 1 saturated heterocycles. The molecule has 5 nitrogen and oxygen atoms in total. The van der Waals surface area contributed by atoms with Crippen LogP contribution in [0, 0.1) is 5.82 Å². The van der Waals surface area contributed by atoms with Gasteiger partial charge in [0, 0.05) is 30.9 Å². The van der Waals surface area contributed by atoms with Gasteiger partial charge in [0.25, 0.3) is 0 Å². The number of anilines is 1. The summed E-state index contributed by atoms with van der Waals surface area (Å²) in [5, 5.41) is 5.54. The molecule has 1 aromatic carbocycles. The van der Waals surface area contributed by atoms with Crippen LogP contribution in [-0.4, -0.2) is 49.3 Å². The van der Waals surface area contributed by atoms with Gasteiger partial charge in [-0.2, -0.15) is 0 Å². The van der Waals surface area contributed by atoms with E-state index in [1.54, 1.807) is 0 Å². The predicted octanol–water partition coefficient (Wildman–Crippen LogP) is 2.06. The highest BCUT2D eigenvalue weighted by atomic mass is 19.1. The van der Waals surface area contributed by atoms with Gasteiger partial charge < -0.3 is 15.4 Å². The van der Waals surface area contributed by atoms with Crippen LogP contribution in [0.3, 0.4) is 0 Å². The van der Waals surface area contributed by atoms with Crippen molar-refractivity contribution in [1.29, 1.82) is 0 Å². The smallest absolute Gasteiger partial charge is 0.319 e. The lowest BCUT2D eigenvalue weighted by atomic mass is 10.0. The number of carbonyl (C=O) groups is 1. The largest absolute Gasteiger partial charge is 0.379 e. The van der Waals surface area contributed by atoms with Crippen LogP contribution in [0.25, 0.3) is 0 Å². The molecule has 0 bridgehead atoms. The molecule has 6 heteroatoms. The summed E-state index contributed by atoms with van der Waals surface area (Å²) in [7, 11) is 0. The maximum absolute atomic E-state index is 12.8. The molecule has 0 radical (unpaired) electrons. The van der Waals surface area contributed by atoms with Gasteiger partial charge in [0.2, 0.25) is 0 Å². The number of urea groups is 1. The summed E-state index contributed by atoms with van der Waals surface area (Å²) in [6, 6.07) is 5.40. The van der Waals surface area contributed by atoms with Crippen LogP contribution in [0.2, 0.25) is 0 Å². The second-order valence-electron chi connectivity index (χ2n) is 5.73. The number of nitrogens with zero attached hydrogens (tertiary/aromatic N) is 1. The summed E-state index contributed by atoms with van der Waals surface area (Å²) in [5.74, 6) is -0.325. The van der Waals surface area contributed by atoms with Crippen LogP contribution in [-0.2, 0) is 4.74 Å². The molecule has 1 aromatic rings. The predicted molar refractivity (Wildman–Crippen MR) is 79.9 cm³/mol. The maximum atomic E-state index is 12.8. The van der Waals surface area contributed by atoms with E-state index in [9.17, 15) is 9.18 Å². The van der Waals surface area contributed by atoms with E-state index in [4.69, 9.17) is 4.74 Å². The lowest BCUT2D eigenvalue weighted by molar-refractivity contribution is -0.00863. The third-order valence-electron chi connectivity index (χ3n) is 3.65. The molecule has 0 aliphatic carbocycles. The SMILES string of the molecule is CC(C)(CNC(=O)Nc1ccc(F)cc1)N1CCOCC1. The summed E-state index contributed by atoms with van der Waals surface area (Å²) in [4.78, 5) is 14.2. The molecular weight excluding hydrogens is 273 g/mol. The van der Waals surface area contributed by atoms with Crippen LogP contribution in [0.15, 0.2) is 24.3 Å². The number of rotatable bonds is 4. The van der Waals surface area contributed by atoms with Crippen molar-refractivity contribution >= 4 is 11.7 Å². The Hall–Kier alpha value is -1.66. The monoisotopic (exact) mass is 295 g/mol. The van der Waals surface area contributed by atoms with Crippen LogP contribution in [0.1, 0.15) is 13.8 Å². The fraction of sp³-hybridized carbons (Fsp3) is 0.533. The Bertz CT molecular complexity index is 470. The van der Waals surface area contributed by atoms with Gasteiger partial charge >= 0.3 is 6.03 Å². The van der Waals surface area contributed by atoms with Gasteiger partial charge in [-0.25, -0.2) is 9.18 Å². The van der Waals surface area contributed by atoms with E-state index in [1.165, 1.54) is 24.3 Å². The van der Waals surface area contributed by atoms with Crippen molar-refractivity contribution in [3.05, 3.63) is 30.1 Å². The molecule has 0 saturated carbocycles. The van der Waals surface area contributed by atoms with E-state index in [0.717, 1.165) is 26.3 Å². The minimum atomic E-state index is -0.325. The fourth-order valence-corrected chi connectivity index (χ4v) is 2.29. The molecule has 0 spiro atoms. The number of halogens is 1. The molecule has 1 aliphatic heterocycles. The lowest BCUT2D eigenvalue weighted by Crippen LogP contribution is -2.55. The zero-order chi connectivity index (χ0) is 15.3. The number of amides is 2. The third-order valence-corrected chi connectivity index (χ3v) is 3.65. The maximum Gasteiger partial charge on any atom is 0.319 e. The van der Waals surface area contributed by atoms with Crippen molar-refractivity contribution < 1.29 is 13.9 Å². The van der Waals surface area contributed by atoms with E-state index in [-0.39, 0.29) is 17.4 Å². The Balaban J connectivity index is 1.81. The standard InChI is InChI=1S/C15H22FN3O2/c1-15(2,19-7-9-21-10-8-19)11-17-14(20)18-13-5-3-12(16)4-6-13/h3-6H,7-11H2,1-2H3,(H2,17,18,20). The van der Waals surface area contributed by atoms with Gasteiger partial charge in [0.05, 0.1) is 13.2 Å². The van der Waals surface area contributed by atoms with Crippen molar-refractivity contribution in [3.8, 4) is 0 Å². The van der Waals surface area contributed by atoms with Crippen molar-refractivity contribution in [2.45, 2.75) is 19.4 Å². The number of nitrogens with one attached hydrogen (secondary N) is 2. The Kier molecular flexibility index (Phi) is 5.14. The number of carbonyl (C=O) groups excluding carboxylic acids is 1. The number of hydrogen-bond acceptors (Lipinski definition) is 3. The van der Waals surface area contributed by atoms with E-state index in [0.29, 0.717) is 12.2 Å². The minimum absolute atomic E-state index is 0.135. The zero-order valence-corrected chi connectivity index (χ0v) is 12.5. The molecule has 2 rings (SSSR count). The van der Waals surface area contributed by atoms with Crippen molar-refractivity contribution in [1.82, 2.24) is 10.2 Å². The van der Waals surface area contributed by atoms with E-state index in [2.05, 4.69) is 29.4 Å². The first-order valence-corrected chi connectivity index (χ1v) is 7.10. The van der Waals surface area contributed by atoms with Gasteiger partial charge in [0.1, 0.15) is 5.82 Å². The van der Waals surface area contributed by atoms with Crippen molar-refractivity contribution in [3.63, 3.8) is 0 Å². The molecule has 1 aliphatic rings. The topological polar surface area (TPSA) is 53.6 Å². The molecule has 2 amide bonds. The fourth-order valence-electron chi connectivity index (χ4n) is 2.29. The number of ether oxygens (including phenoxy) is 1. The van der Waals surface area contributed by atoms with Gasteiger partial charge in [-0.3, -0.25) is 4.90 Å². The van der Waals surface area contributed by atoms with E-state index in [1.807, 2.05) is 0 Å². The van der Waals surface area contributed by atoms with Crippen LogP contribution >= 0.6 is 0 Å². The van der Waals surface area contributed by atoms with Crippen LogP contribution in [0.4, 0.5) is 14.9 Å². The highest BCUT2D eigenvalue weighted by molar-refractivity contribution is 5.89. The van der Waals surface area contributed by atoms with Crippen LogP contribution in [0.5, 0.6) is 0 Å². The molecule has 116 valence electrons. The molecule has 1 fully saturated rings. The summed E-state index contributed by atoms with van der Waals surface area (Å²) in [6.07, 6.45) is 0. The third kappa shape index (κ3) is 4.68. The molecule has 2 N–H and O–H groups in total. The van der Waals surface area contributed by atoms with Gasteiger partial charge in [-0.1, -0.05) is 0 Å². The summed E-state index contributed by atoms with van der Waals surface area (Å²) in [5.41, 5.74) is 0.433. The van der Waals surface area contributed by atoms with Gasteiger partial charge in [0.15, 0.2) is 0 Å². The zero-order valence-electron chi connectivity index (χ0n) is 12.5. The Morgan fingerprint density at radius 3 is 2.52 bits per heavy atom. The van der Waals surface area contributed by atoms with Crippen molar-refractivity contribution in [2.75, 3.05) is 38.2 Å². The molecule has 0 unspecified atom stereocenters. The molecular formula is C15H22FN3O2. The van der Waals surface area contributed by atoms with Crippen molar-refractivity contribution in [2.24, 2.45) is 0 Å². The first-order valence-electron chi connectivity index (χ1n) is 7.10. The Labute approximate surface area is 124 Å². The number of hydrogen-bond donors (Lipinski definition) is 2. The summed E-state index contributed by atoms with van der Waals surface area (Å²) < 4.78 is 18.1.